The van der Waals surface area contributed by atoms with Gasteiger partial charge in [0.05, 0.1) is 0 Å². The first-order valence-electron chi connectivity index (χ1n) is 4.84. The molecule has 0 aliphatic carbocycles. The van der Waals surface area contributed by atoms with Gasteiger partial charge >= 0.3 is 0 Å². The van der Waals surface area contributed by atoms with Gasteiger partial charge in [-0.25, -0.2) is 0 Å². The highest BCUT2D eigenvalue weighted by molar-refractivity contribution is 5.95. The SMILES string of the molecule is Cc1cc(C(C)C)cc(C)c1C(N)=O. The topological polar surface area (TPSA) is 43.1 Å². The van der Waals surface area contributed by atoms with Crippen molar-refractivity contribution in [2.24, 2.45) is 5.73 Å². The van der Waals surface area contributed by atoms with Crippen LogP contribution in [0.25, 0.3) is 0 Å². The first-order valence-corrected chi connectivity index (χ1v) is 4.84. The van der Waals surface area contributed by atoms with E-state index in [2.05, 4.69) is 13.8 Å². The van der Waals surface area contributed by atoms with Gasteiger partial charge in [-0.2, -0.15) is 0 Å². The van der Waals surface area contributed by atoms with Crippen molar-refractivity contribution in [3.63, 3.8) is 0 Å². The first-order chi connectivity index (χ1) is 6.43. The Kier molecular flexibility index (Phi) is 2.94. The summed E-state index contributed by atoms with van der Waals surface area (Å²) in [7, 11) is 0. The summed E-state index contributed by atoms with van der Waals surface area (Å²) in [6.45, 7) is 8.13. The number of amides is 1. The molecule has 0 spiro atoms. The number of aryl methyl sites for hydroxylation is 2. The molecule has 1 aromatic carbocycles. The summed E-state index contributed by atoms with van der Waals surface area (Å²) in [6, 6.07) is 4.08. The Bertz CT molecular complexity index is 344. The lowest BCUT2D eigenvalue weighted by molar-refractivity contribution is 0.0999. The van der Waals surface area contributed by atoms with Gasteiger partial charge in [-0.3, -0.25) is 4.79 Å². The van der Waals surface area contributed by atoms with Crippen LogP contribution in [0, 0.1) is 13.8 Å². The molecule has 0 radical (unpaired) electrons. The Labute approximate surface area is 85.1 Å². The van der Waals surface area contributed by atoms with Crippen molar-refractivity contribution in [2.75, 3.05) is 0 Å². The summed E-state index contributed by atoms with van der Waals surface area (Å²) in [6.07, 6.45) is 0. The van der Waals surface area contributed by atoms with E-state index in [9.17, 15) is 4.79 Å². The van der Waals surface area contributed by atoms with Crippen molar-refractivity contribution < 1.29 is 4.79 Å². The summed E-state index contributed by atoms with van der Waals surface area (Å²) >= 11 is 0. The lowest BCUT2D eigenvalue weighted by atomic mass is 9.94. The van der Waals surface area contributed by atoms with Crippen LogP contribution in [0.15, 0.2) is 12.1 Å². The fourth-order valence-corrected chi connectivity index (χ4v) is 1.72. The van der Waals surface area contributed by atoms with Gasteiger partial charge in [0, 0.05) is 5.56 Å². The van der Waals surface area contributed by atoms with Gasteiger partial charge in [-0.15, -0.1) is 0 Å². The van der Waals surface area contributed by atoms with Gasteiger partial charge in [0.15, 0.2) is 0 Å². The quantitative estimate of drug-likeness (QED) is 0.767. The number of carbonyl (C=O) groups excluding carboxylic acids is 1. The van der Waals surface area contributed by atoms with E-state index < -0.39 is 0 Å². The van der Waals surface area contributed by atoms with E-state index >= 15 is 0 Å². The van der Waals surface area contributed by atoms with Crippen LogP contribution in [-0.4, -0.2) is 5.91 Å². The van der Waals surface area contributed by atoms with Crippen LogP contribution in [-0.2, 0) is 0 Å². The van der Waals surface area contributed by atoms with Gasteiger partial charge < -0.3 is 5.73 Å². The molecule has 2 N–H and O–H groups in total. The summed E-state index contributed by atoms with van der Waals surface area (Å²) in [4.78, 5) is 11.1. The van der Waals surface area contributed by atoms with Gasteiger partial charge in [0.1, 0.15) is 0 Å². The van der Waals surface area contributed by atoms with Crippen molar-refractivity contribution in [1.29, 1.82) is 0 Å². The van der Waals surface area contributed by atoms with Crippen molar-refractivity contribution in [3.05, 3.63) is 34.4 Å². The van der Waals surface area contributed by atoms with E-state index in [1.807, 2.05) is 26.0 Å². The highest BCUT2D eigenvalue weighted by Crippen LogP contribution is 2.21. The van der Waals surface area contributed by atoms with Crippen LogP contribution in [0.1, 0.15) is 46.8 Å². The zero-order valence-electron chi connectivity index (χ0n) is 9.22. The molecule has 0 fully saturated rings. The van der Waals surface area contributed by atoms with E-state index in [1.54, 1.807) is 0 Å². The molecule has 2 heteroatoms. The van der Waals surface area contributed by atoms with Crippen molar-refractivity contribution in [2.45, 2.75) is 33.6 Å². The monoisotopic (exact) mass is 191 g/mol. The molecule has 0 atom stereocenters. The first kappa shape index (κ1) is 10.8. The molecular formula is C12H17NO. The molecule has 2 nitrogen and oxygen atoms in total. The molecule has 1 aromatic rings. The largest absolute Gasteiger partial charge is 0.366 e. The number of carbonyl (C=O) groups is 1. The summed E-state index contributed by atoms with van der Waals surface area (Å²) < 4.78 is 0. The maximum Gasteiger partial charge on any atom is 0.249 e. The smallest absolute Gasteiger partial charge is 0.249 e. The van der Waals surface area contributed by atoms with Crippen LogP contribution in [0.3, 0.4) is 0 Å². The third-order valence-electron chi connectivity index (χ3n) is 2.47. The number of primary amides is 1. The maximum absolute atomic E-state index is 11.1. The minimum atomic E-state index is -0.338. The van der Waals surface area contributed by atoms with E-state index in [-0.39, 0.29) is 5.91 Å². The summed E-state index contributed by atoms with van der Waals surface area (Å²) in [5.41, 5.74) is 9.17. The summed E-state index contributed by atoms with van der Waals surface area (Å²) in [5, 5.41) is 0. The second-order valence-electron chi connectivity index (χ2n) is 4.05. The molecule has 14 heavy (non-hydrogen) atoms. The number of hydrogen-bond acceptors (Lipinski definition) is 1. The predicted octanol–water partition coefficient (Wildman–Crippen LogP) is 2.53. The van der Waals surface area contributed by atoms with E-state index in [0.717, 1.165) is 11.1 Å². The Hall–Kier alpha value is -1.31. The van der Waals surface area contributed by atoms with Gasteiger partial charge in [-0.1, -0.05) is 26.0 Å². The van der Waals surface area contributed by atoms with E-state index in [1.165, 1.54) is 5.56 Å². The normalized spacial score (nSPS) is 10.6. The number of hydrogen-bond donors (Lipinski definition) is 1. The molecular weight excluding hydrogens is 174 g/mol. The minimum Gasteiger partial charge on any atom is -0.366 e. The van der Waals surface area contributed by atoms with Crippen LogP contribution < -0.4 is 5.73 Å². The average molecular weight is 191 g/mol. The zero-order chi connectivity index (χ0) is 10.9. The van der Waals surface area contributed by atoms with Gasteiger partial charge in [0.25, 0.3) is 0 Å². The number of rotatable bonds is 2. The molecule has 76 valence electrons. The Morgan fingerprint density at radius 3 is 1.93 bits per heavy atom. The van der Waals surface area contributed by atoms with Gasteiger partial charge in [-0.05, 0) is 36.5 Å². The number of benzene rings is 1. The minimum absolute atomic E-state index is 0.338. The third-order valence-corrected chi connectivity index (χ3v) is 2.47. The van der Waals surface area contributed by atoms with Crippen LogP contribution >= 0.6 is 0 Å². The van der Waals surface area contributed by atoms with Crippen molar-refractivity contribution in [3.8, 4) is 0 Å². The highest BCUT2D eigenvalue weighted by Gasteiger charge is 2.11. The van der Waals surface area contributed by atoms with Crippen LogP contribution in [0.4, 0.5) is 0 Å². The molecule has 1 amide bonds. The van der Waals surface area contributed by atoms with Crippen LogP contribution in [0.2, 0.25) is 0 Å². The molecule has 0 saturated carbocycles. The maximum atomic E-state index is 11.1. The molecule has 0 saturated heterocycles. The standard InChI is InChI=1S/C12H17NO/c1-7(2)10-5-8(3)11(12(13)14)9(4)6-10/h5-7H,1-4H3,(H2,13,14). The second-order valence-corrected chi connectivity index (χ2v) is 4.05. The van der Waals surface area contributed by atoms with Crippen LogP contribution in [0.5, 0.6) is 0 Å². The van der Waals surface area contributed by atoms with Crippen molar-refractivity contribution in [1.82, 2.24) is 0 Å². The Morgan fingerprint density at radius 2 is 1.64 bits per heavy atom. The highest BCUT2D eigenvalue weighted by atomic mass is 16.1. The average Bonchev–Trinajstić information content (AvgIpc) is 2.01. The molecule has 0 heterocycles. The molecule has 0 unspecified atom stereocenters. The zero-order valence-corrected chi connectivity index (χ0v) is 9.22. The second kappa shape index (κ2) is 3.82. The summed E-state index contributed by atoms with van der Waals surface area (Å²) in [5.74, 6) is 0.143. The lowest BCUT2D eigenvalue weighted by Crippen LogP contribution is -2.15. The fourth-order valence-electron chi connectivity index (χ4n) is 1.72. The Morgan fingerprint density at radius 1 is 1.21 bits per heavy atom. The Balaban J connectivity index is 3.32. The van der Waals surface area contributed by atoms with E-state index in [4.69, 9.17) is 5.73 Å². The molecule has 0 aliphatic heterocycles. The van der Waals surface area contributed by atoms with Gasteiger partial charge in [0.2, 0.25) is 5.91 Å². The van der Waals surface area contributed by atoms with Crippen molar-refractivity contribution >= 4 is 5.91 Å². The molecule has 1 rings (SSSR count). The van der Waals surface area contributed by atoms with E-state index in [0.29, 0.717) is 11.5 Å². The molecule has 0 aromatic heterocycles. The molecule has 0 aliphatic rings. The fraction of sp³-hybridized carbons (Fsp3) is 0.417. The third kappa shape index (κ3) is 1.95. The molecule has 0 bridgehead atoms. The number of nitrogens with two attached hydrogens (primary N) is 1. The lowest BCUT2D eigenvalue weighted by Gasteiger charge is -2.12. The predicted molar refractivity (Wildman–Crippen MR) is 58.5 cm³/mol.